The Morgan fingerprint density at radius 2 is 1.88 bits per heavy atom. The van der Waals surface area contributed by atoms with E-state index in [1.54, 1.807) is 14.2 Å². The molecule has 2 heterocycles. The molecule has 10 heteroatoms. The number of fused-ring (bicyclic) bond motifs is 1. The third kappa shape index (κ3) is 4.14. The van der Waals surface area contributed by atoms with Crippen molar-refractivity contribution in [3.05, 3.63) is 17.8 Å². The van der Waals surface area contributed by atoms with Gasteiger partial charge in [-0.05, 0) is 25.3 Å². The third-order valence-corrected chi connectivity index (χ3v) is 4.91. The lowest BCUT2D eigenvalue weighted by Crippen LogP contribution is -2.38. The van der Waals surface area contributed by atoms with E-state index in [0.29, 0.717) is 30.3 Å². The zero-order chi connectivity index (χ0) is 18.7. The maximum Gasteiger partial charge on any atom is 0.274 e. The Balaban J connectivity index is 1.94. The average Bonchev–Trinajstić information content (AvgIpc) is 2.55. The fourth-order valence-electron chi connectivity index (χ4n) is 2.82. The van der Waals surface area contributed by atoms with Gasteiger partial charge in [0.2, 0.25) is 5.95 Å². The van der Waals surface area contributed by atoms with Crippen LogP contribution in [0, 0.1) is 0 Å². The maximum absolute atomic E-state index is 11.0. The fourth-order valence-corrected chi connectivity index (χ4v) is 3.25. The van der Waals surface area contributed by atoms with E-state index in [9.17, 15) is 8.42 Å². The summed E-state index contributed by atoms with van der Waals surface area (Å²) in [5, 5.41) is 5.83. The molecule has 0 aliphatic carbocycles. The van der Waals surface area contributed by atoms with E-state index in [1.807, 2.05) is 12.1 Å². The lowest BCUT2D eigenvalue weighted by Gasteiger charge is -2.31. The van der Waals surface area contributed by atoms with Gasteiger partial charge in [-0.1, -0.05) is 0 Å². The van der Waals surface area contributed by atoms with Crippen LogP contribution in [-0.2, 0) is 16.6 Å². The van der Waals surface area contributed by atoms with Crippen molar-refractivity contribution >= 4 is 27.1 Å². The Kier molecular flexibility index (Phi) is 5.44. The Morgan fingerprint density at radius 1 is 1.19 bits per heavy atom. The van der Waals surface area contributed by atoms with Crippen LogP contribution in [0.3, 0.4) is 0 Å². The van der Waals surface area contributed by atoms with Crippen molar-refractivity contribution in [2.75, 3.05) is 38.8 Å². The van der Waals surface area contributed by atoms with Gasteiger partial charge in [0, 0.05) is 31.1 Å². The number of nitrogens with zero attached hydrogens (tertiary/aromatic N) is 3. The number of rotatable bonds is 8. The smallest absolute Gasteiger partial charge is 0.274 e. The molecular weight excluding hydrogens is 358 g/mol. The summed E-state index contributed by atoms with van der Waals surface area (Å²) in [4.78, 5) is 11.5. The second kappa shape index (κ2) is 7.60. The van der Waals surface area contributed by atoms with E-state index in [0.717, 1.165) is 36.1 Å². The monoisotopic (exact) mass is 381 g/mol. The molecule has 0 bridgehead atoms. The van der Waals surface area contributed by atoms with Crippen LogP contribution in [0.25, 0.3) is 10.9 Å². The summed E-state index contributed by atoms with van der Waals surface area (Å²) in [7, 11) is -0.522. The highest BCUT2D eigenvalue weighted by atomic mass is 32.2. The van der Waals surface area contributed by atoms with E-state index in [1.165, 1.54) is 0 Å². The molecule has 26 heavy (non-hydrogen) atoms. The van der Waals surface area contributed by atoms with Crippen LogP contribution in [0.2, 0.25) is 0 Å². The Labute approximate surface area is 152 Å². The minimum absolute atomic E-state index is 0.247. The van der Waals surface area contributed by atoms with Crippen LogP contribution < -0.4 is 24.2 Å². The number of methoxy groups -OCH3 is 2. The highest BCUT2D eigenvalue weighted by molar-refractivity contribution is 7.87. The second-order valence-corrected chi connectivity index (χ2v) is 7.46. The molecule has 1 aromatic carbocycles. The molecule has 0 amide bonds. The van der Waals surface area contributed by atoms with E-state index >= 15 is 0 Å². The zero-order valence-electron chi connectivity index (χ0n) is 14.9. The van der Waals surface area contributed by atoms with Gasteiger partial charge in [-0.3, -0.25) is 0 Å². The zero-order valence-corrected chi connectivity index (χ0v) is 15.7. The molecule has 2 aromatic rings. The van der Waals surface area contributed by atoms with Gasteiger partial charge in [0.25, 0.3) is 10.2 Å². The highest BCUT2D eigenvalue weighted by Crippen LogP contribution is 2.34. The molecule has 0 unspecified atom stereocenters. The van der Waals surface area contributed by atoms with Crippen molar-refractivity contribution in [1.29, 1.82) is 0 Å². The van der Waals surface area contributed by atoms with Crippen molar-refractivity contribution in [3.63, 3.8) is 0 Å². The van der Waals surface area contributed by atoms with Gasteiger partial charge in [0.15, 0.2) is 11.5 Å². The number of hydrogen-bond acceptors (Lipinski definition) is 7. The van der Waals surface area contributed by atoms with Crippen LogP contribution >= 0.6 is 0 Å². The quantitative estimate of drug-likeness (QED) is 0.642. The number of benzene rings is 1. The van der Waals surface area contributed by atoms with Gasteiger partial charge in [0.1, 0.15) is 0 Å². The van der Waals surface area contributed by atoms with Crippen molar-refractivity contribution in [2.24, 2.45) is 5.14 Å². The summed E-state index contributed by atoms with van der Waals surface area (Å²) in [6.45, 7) is 2.12. The molecule has 1 aromatic heterocycles. The summed E-state index contributed by atoms with van der Waals surface area (Å²) >= 11 is 0. The lowest BCUT2D eigenvalue weighted by molar-refractivity contribution is 0.355. The first-order valence-electron chi connectivity index (χ1n) is 8.36. The molecule has 9 nitrogen and oxygen atoms in total. The largest absolute Gasteiger partial charge is 0.493 e. The summed E-state index contributed by atoms with van der Waals surface area (Å²) in [6, 6.07) is 3.70. The summed E-state index contributed by atoms with van der Waals surface area (Å²) in [6.07, 6.45) is 2.27. The first kappa shape index (κ1) is 18.6. The van der Waals surface area contributed by atoms with Gasteiger partial charge >= 0.3 is 0 Å². The maximum atomic E-state index is 11.0. The number of hydrogen-bond donors (Lipinski definition) is 2. The molecule has 142 valence electrons. The number of nitrogens with two attached hydrogens (primary N) is 1. The van der Waals surface area contributed by atoms with E-state index in [-0.39, 0.29) is 6.54 Å². The number of ether oxygens (including phenoxy) is 2. The molecule has 1 saturated heterocycles. The predicted molar refractivity (Wildman–Crippen MR) is 98.9 cm³/mol. The molecule has 0 radical (unpaired) electrons. The summed E-state index contributed by atoms with van der Waals surface area (Å²) < 4.78 is 35.0. The molecule has 0 saturated carbocycles. The number of aromatic nitrogens is 2. The minimum Gasteiger partial charge on any atom is -0.493 e. The third-order valence-electron chi connectivity index (χ3n) is 4.30. The number of aryl methyl sites for hydroxylation is 1. The van der Waals surface area contributed by atoms with E-state index < -0.39 is 10.2 Å². The molecule has 3 N–H and O–H groups in total. The van der Waals surface area contributed by atoms with Crippen LogP contribution in [0.4, 0.5) is 5.95 Å². The van der Waals surface area contributed by atoms with Crippen LogP contribution in [0.15, 0.2) is 12.1 Å². The topological polar surface area (TPSA) is 120 Å². The molecule has 0 spiro atoms. The Bertz CT molecular complexity index is 899. The fraction of sp³-hybridized carbons (Fsp3) is 0.500. The second-order valence-electron chi connectivity index (χ2n) is 6.08. The first-order valence-corrected chi connectivity index (χ1v) is 9.91. The Morgan fingerprint density at radius 3 is 2.46 bits per heavy atom. The number of anilines is 1. The molecule has 3 rings (SSSR count). The molecule has 1 aliphatic rings. The van der Waals surface area contributed by atoms with E-state index in [2.05, 4.69) is 14.6 Å². The molecule has 1 fully saturated rings. The van der Waals surface area contributed by atoms with Gasteiger partial charge in [-0.25, -0.2) is 19.8 Å². The van der Waals surface area contributed by atoms with Crippen molar-refractivity contribution < 1.29 is 17.9 Å². The molecule has 1 aliphatic heterocycles. The van der Waals surface area contributed by atoms with Gasteiger partial charge in [-0.2, -0.15) is 8.42 Å². The van der Waals surface area contributed by atoms with Crippen LogP contribution in [0.1, 0.15) is 18.5 Å². The van der Waals surface area contributed by atoms with Crippen LogP contribution in [-0.4, -0.2) is 52.2 Å². The van der Waals surface area contributed by atoms with Crippen molar-refractivity contribution in [3.8, 4) is 11.5 Å². The van der Waals surface area contributed by atoms with Gasteiger partial charge in [-0.15, -0.1) is 0 Å². The van der Waals surface area contributed by atoms with E-state index in [4.69, 9.17) is 19.6 Å². The predicted octanol–water partition coefficient (Wildman–Crippen LogP) is 0.583. The summed E-state index contributed by atoms with van der Waals surface area (Å²) in [5.74, 6) is 1.89. The lowest BCUT2D eigenvalue weighted by atomic mass is 10.1. The van der Waals surface area contributed by atoms with Gasteiger partial charge < -0.3 is 14.4 Å². The molecular formula is C16H23N5O4S. The van der Waals surface area contributed by atoms with Crippen LogP contribution in [0.5, 0.6) is 11.5 Å². The SMILES string of the molecule is COc1cc2nc(N3CCC3)nc(CCCNS(N)(=O)=O)c2cc1OC. The first-order chi connectivity index (χ1) is 12.4. The Hall–Kier alpha value is -2.17. The molecule has 0 atom stereocenters. The normalized spacial score (nSPS) is 14.3. The average molecular weight is 381 g/mol. The van der Waals surface area contributed by atoms with Gasteiger partial charge in [0.05, 0.1) is 25.4 Å². The number of nitrogens with one attached hydrogen (secondary N) is 1. The minimum atomic E-state index is -3.68. The standard InChI is InChI=1S/C16H23N5O4S/c1-24-14-9-11-12(5-3-6-18-26(17,22)23)19-16(21-7-4-8-21)20-13(11)10-15(14)25-2/h9-10,18H,3-8H2,1-2H3,(H2,17,22,23). The summed E-state index contributed by atoms with van der Waals surface area (Å²) in [5.41, 5.74) is 1.61. The van der Waals surface area contributed by atoms with Crippen molar-refractivity contribution in [1.82, 2.24) is 14.7 Å². The van der Waals surface area contributed by atoms with Crippen molar-refractivity contribution in [2.45, 2.75) is 19.3 Å². The highest BCUT2D eigenvalue weighted by Gasteiger charge is 2.20.